The predicted molar refractivity (Wildman–Crippen MR) is 78.5 cm³/mol. The highest BCUT2D eigenvalue weighted by Gasteiger charge is 2.32. The Labute approximate surface area is 122 Å². The Bertz CT molecular complexity index is 491. The van der Waals surface area contributed by atoms with E-state index < -0.39 is 0 Å². The van der Waals surface area contributed by atoms with Gasteiger partial charge in [-0.25, -0.2) is 10.8 Å². The zero-order valence-corrected chi connectivity index (χ0v) is 12.6. The van der Waals surface area contributed by atoms with Crippen molar-refractivity contribution in [3.63, 3.8) is 0 Å². The number of rotatable bonds is 4. The van der Waals surface area contributed by atoms with Crippen LogP contribution in [-0.2, 0) is 6.54 Å². The number of nitrogen functional groups attached to an aromatic ring is 1. The molecule has 1 aliphatic carbocycles. The van der Waals surface area contributed by atoms with Crippen LogP contribution in [0.2, 0.25) is 0 Å². The van der Waals surface area contributed by atoms with E-state index >= 15 is 0 Å². The first-order valence-corrected chi connectivity index (χ1v) is 7.90. The fraction of sp³-hybridized carbons (Fsp3) is 0.692. The summed E-state index contributed by atoms with van der Waals surface area (Å²) in [4.78, 5) is 22.0. The van der Waals surface area contributed by atoms with Crippen LogP contribution in [0.5, 0.6) is 0 Å². The SMILES string of the molecule is CN1CCN(Cc2nc(C3CC3)c(C(=O)NN)s2)CC1. The minimum atomic E-state index is -0.200. The normalized spacial score (nSPS) is 21.1. The van der Waals surface area contributed by atoms with Gasteiger partial charge in [0.05, 0.1) is 12.2 Å². The van der Waals surface area contributed by atoms with Gasteiger partial charge in [-0.15, -0.1) is 11.3 Å². The number of carbonyl (C=O) groups excluding carboxylic acids is 1. The van der Waals surface area contributed by atoms with E-state index in [1.165, 1.54) is 11.3 Å². The highest BCUT2D eigenvalue weighted by molar-refractivity contribution is 7.13. The van der Waals surface area contributed by atoms with Crippen LogP contribution in [0.15, 0.2) is 0 Å². The Hall–Kier alpha value is -1.02. The van der Waals surface area contributed by atoms with Crippen molar-refractivity contribution in [3.8, 4) is 0 Å². The third-order valence-corrected chi connectivity index (χ3v) is 5.01. The predicted octanol–water partition coefficient (Wildman–Crippen LogP) is 0.371. The third-order valence-electron chi connectivity index (χ3n) is 3.95. The fourth-order valence-corrected chi connectivity index (χ4v) is 3.60. The van der Waals surface area contributed by atoms with Gasteiger partial charge in [-0.3, -0.25) is 15.1 Å². The van der Waals surface area contributed by atoms with Crippen LogP contribution in [0, 0.1) is 0 Å². The number of nitrogens with zero attached hydrogens (tertiary/aromatic N) is 3. The lowest BCUT2D eigenvalue weighted by atomic mass is 10.2. The van der Waals surface area contributed by atoms with E-state index in [4.69, 9.17) is 10.8 Å². The summed E-state index contributed by atoms with van der Waals surface area (Å²) in [6.07, 6.45) is 2.28. The second-order valence-electron chi connectivity index (χ2n) is 5.65. The molecule has 110 valence electrons. The van der Waals surface area contributed by atoms with Gasteiger partial charge in [0.1, 0.15) is 9.88 Å². The van der Waals surface area contributed by atoms with Crippen molar-refractivity contribution in [1.29, 1.82) is 0 Å². The van der Waals surface area contributed by atoms with Gasteiger partial charge >= 0.3 is 0 Å². The summed E-state index contributed by atoms with van der Waals surface area (Å²) >= 11 is 1.50. The lowest BCUT2D eigenvalue weighted by molar-refractivity contribution is 0.0956. The average molecular weight is 295 g/mol. The molecule has 1 saturated heterocycles. The number of piperazine rings is 1. The van der Waals surface area contributed by atoms with Gasteiger partial charge in [0.15, 0.2) is 0 Å². The summed E-state index contributed by atoms with van der Waals surface area (Å²) in [5.41, 5.74) is 3.20. The lowest BCUT2D eigenvalue weighted by Gasteiger charge is -2.31. The summed E-state index contributed by atoms with van der Waals surface area (Å²) in [5.74, 6) is 5.54. The van der Waals surface area contributed by atoms with Crippen LogP contribution in [-0.4, -0.2) is 53.9 Å². The Morgan fingerprint density at radius 2 is 2.10 bits per heavy atom. The van der Waals surface area contributed by atoms with Crippen LogP contribution >= 0.6 is 11.3 Å². The minimum absolute atomic E-state index is 0.200. The smallest absolute Gasteiger partial charge is 0.277 e. The molecule has 3 N–H and O–H groups in total. The van der Waals surface area contributed by atoms with Gasteiger partial charge in [-0.1, -0.05) is 0 Å². The standard InChI is InChI=1S/C13H21N5OS/c1-17-4-6-18(7-5-17)8-10-15-11(9-2-3-9)12(20-10)13(19)16-14/h9H,2-8,14H2,1H3,(H,16,19). The van der Waals surface area contributed by atoms with Crippen LogP contribution in [0.3, 0.4) is 0 Å². The number of likely N-dealkylation sites (N-methyl/N-ethyl adjacent to an activating group) is 1. The molecular weight excluding hydrogens is 274 g/mol. The maximum Gasteiger partial charge on any atom is 0.277 e. The number of aromatic nitrogens is 1. The average Bonchev–Trinajstić information content (AvgIpc) is 3.22. The molecule has 1 aromatic heterocycles. The molecule has 0 spiro atoms. The molecular formula is C13H21N5OS. The molecule has 0 bridgehead atoms. The highest BCUT2D eigenvalue weighted by Crippen LogP contribution is 2.42. The largest absolute Gasteiger partial charge is 0.304 e. The molecule has 6 nitrogen and oxygen atoms in total. The van der Waals surface area contributed by atoms with Gasteiger partial charge in [0.2, 0.25) is 0 Å². The molecule has 7 heteroatoms. The third kappa shape index (κ3) is 3.01. The second-order valence-corrected chi connectivity index (χ2v) is 6.73. The van der Waals surface area contributed by atoms with Crippen molar-refractivity contribution in [2.75, 3.05) is 33.2 Å². The first kappa shape index (κ1) is 13.9. The van der Waals surface area contributed by atoms with E-state index in [1.807, 2.05) is 0 Å². The molecule has 0 aromatic carbocycles. The Morgan fingerprint density at radius 3 is 2.70 bits per heavy atom. The maximum atomic E-state index is 11.8. The lowest BCUT2D eigenvalue weighted by Crippen LogP contribution is -2.43. The maximum absolute atomic E-state index is 11.8. The molecule has 2 fully saturated rings. The van der Waals surface area contributed by atoms with Crippen LogP contribution < -0.4 is 11.3 Å². The van der Waals surface area contributed by atoms with Crippen LogP contribution in [0.1, 0.15) is 39.1 Å². The van der Waals surface area contributed by atoms with Crippen molar-refractivity contribution in [3.05, 3.63) is 15.6 Å². The van der Waals surface area contributed by atoms with Crippen molar-refractivity contribution < 1.29 is 4.79 Å². The molecule has 1 aromatic rings. The molecule has 0 radical (unpaired) electrons. The van der Waals surface area contributed by atoms with Gasteiger partial charge in [-0.05, 0) is 19.9 Å². The van der Waals surface area contributed by atoms with E-state index in [0.717, 1.165) is 56.3 Å². The number of nitrogens with two attached hydrogens (primary N) is 1. The zero-order chi connectivity index (χ0) is 14.1. The summed E-state index contributed by atoms with van der Waals surface area (Å²) in [7, 11) is 2.15. The highest BCUT2D eigenvalue weighted by atomic mass is 32.1. The van der Waals surface area contributed by atoms with Crippen LogP contribution in [0.25, 0.3) is 0 Å². The van der Waals surface area contributed by atoms with E-state index in [0.29, 0.717) is 10.8 Å². The van der Waals surface area contributed by atoms with Gasteiger partial charge in [0.25, 0.3) is 5.91 Å². The second kappa shape index (κ2) is 5.77. The quantitative estimate of drug-likeness (QED) is 0.477. The number of amides is 1. The molecule has 1 saturated carbocycles. The number of carbonyl (C=O) groups is 1. The van der Waals surface area contributed by atoms with E-state index in [-0.39, 0.29) is 5.91 Å². The van der Waals surface area contributed by atoms with E-state index in [1.54, 1.807) is 0 Å². The fourth-order valence-electron chi connectivity index (χ4n) is 2.50. The topological polar surface area (TPSA) is 74.5 Å². The summed E-state index contributed by atoms with van der Waals surface area (Å²) in [5, 5.41) is 1.04. The minimum Gasteiger partial charge on any atom is -0.304 e. The molecule has 0 atom stereocenters. The number of nitrogens with one attached hydrogen (secondary N) is 1. The first-order valence-electron chi connectivity index (χ1n) is 7.09. The van der Waals surface area contributed by atoms with Crippen molar-refractivity contribution >= 4 is 17.2 Å². The Morgan fingerprint density at radius 1 is 1.40 bits per heavy atom. The van der Waals surface area contributed by atoms with Crippen molar-refractivity contribution in [2.45, 2.75) is 25.3 Å². The van der Waals surface area contributed by atoms with Gasteiger partial charge in [-0.2, -0.15) is 0 Å². The van der Waals surface area contributed by atoms with Crippen molar-refractivity contribution in [2.24, 2.45) is 5.84 Å². The summed E-state index contributed by atoms with van der Waals surface area (Å²) in [6.45, 7) is 5.16. The molecule has 3 rings (SSSR count). The van der Waals surface area contributed by atoms with E-state index in [2.05, 4.69) is 22.3 Å². The van der Waals surface area contributed by atoms with Crippen molar-refractivity contribution in [1.82, 2.24) is 20.2 Å². The molecule has 1 amide bonds. The number of hydrogen-bond donors (Lipinski definition) is 2. The Kier molecular flexibility index (Phi) is 4.02. The molecule has 2 aliphatic rings. The number of hydrogen-bond acceptors (Lipinski definition) is 6. The number of hydrazine groups is 1. The summed E-state index contributed by atoms with van der Waals surface area (Å²) < 4.78 is 0. The zero-order valence-electron chi connectivity index (χ0n) is 11.8. The molecule has 1 aliphatic heterocycles. The Balaban J connectivity index is 1.71. The van der Waals surface area contributed by atoms with Gasteiger partial charge < -0.3 is 4.90 Å². The van der Waals surface area contributed by atoms with Gasteiger partial charge in [0, 0.05) is 32.1 Å². The monoisotopic (exact) mass is 295 g/mol. The van der Waals surface area contributed by atoms with Crippen LogP contribution in [0.4, 0.5) is 0 Å². The number of thiazole rings is 1. The summed E-state index contributed by atoms with van der Waals surface area (Å²) in [6, 6.07) is 0. The van der Waals surface area contributed by atoms with E-state index in [9.17, 15) is 4.79 Å². The molecule has 0 unspecified atom stereocenters. The molecule has 20 heavy (non-hydrogen) atoms. The first-order chi connectivity index (χ1) is 9.67. The molecule has 2 heterocycles.